The molecule has 1 fully saturated rings. The molecule has 0 amide bonds. The Morgan fingerprint density at radius 1 is 0.967 bits per heavy atom. The number of rotatable bonds is 2. The highest BCUT2D eigenvalue weighted by atomic mass is 32.1. The zero-order chi connectivity index (χ0) is 19.9. The van der Waals surface area contributed by atoms with Crippen LogP contribution in [0, 0.1) is 0 Å². The minimum absolute atomic E-state index is 0.528. The lowest BCUT2D eigenvalue weighted by molar-refractivity contribution is 0.653. The summed E-state index contributed by atoms with van der Waals surface area (Å²) in [6.45, 7) is 2.96. The minimum Gasteiger partial charge on any atom is -0.366 e. The van der Waals surface area contributed by atoms with Crippen molar-refractivity contribution < 1.29 is 0 Å². The van der Waals surface area contributed by atoms with Crippen LogP contribution >= 0.6 is 11.3 Å². The Labute approximate surface area is 181 Å². The number of hydrogen-bond donors (Lipinski definition) is 0. The van der Waals surface area contributed by atoms with Crippen LogP contribution in [0.4, 0.5) is 11.4 Å². The van der Waals surface area contributed by atoms with Gasteiger partial charge in [-0.2, -0.15) is 0 Å². The standard InChI is InChI=1S/C26H25N3S/c1-2-10-23-19(7-1)15-20-17-28(18-22-9-6-14-30-22)25-11-3-4-12-26(25)29-13-5-8-21(29)16-24(20)27-23/h1-4,6-7,9-12,14-15,21H,5,8,13,16-18H2. The van der Waals surface area contributed by atoms with E-state index < -0.39 is 0 Å². The number of hydrogen-bond acceptors (Lipinski definition) is 4. The summed E-state index contributed by atoms with van der Waals surface area (Å²) >= 11 is 1.84. The first-order chi connectivity index (χ1) is 14.8. The summed E-state index contributed by atoms with van der Waals surface area (Å²) in [6.07, 6.45) is 3.53. The van der Waals surface area contributed by atoms with E-state index >= 15 is 0 Å². The highest BCUT2D eigenvalue weighted by Gasteiger charge is 2.31. The van der Waals surface area contributed by atoms with Crippen molar-refractivity contribution in [3.8, 4) is 0 Å². The van der Waals surface area contributed by atoms with Gasteiger partial charge in [-0.1, -0.05) is 36.4 Å². The lowest BCUT2D eigenvalue weighted by atomic mass is 10.0. The summed E-state index contributed by atoms with van der Waals surface area (Å²) in [7, 11) is 0. The number of aromatic nitrogens is 1. The fourth-order valence-corrected chi connectivity index (χ4v) is 5.82. The van der Waals surface area contributed by atoms with E-state index in [1.54, 1.807) is 0 Å². The van der Waals surface area contributed by atoms with E-state index in [-0.39, 0.29) is 0 Å². The molecule has 2 aliphatic rings. The van der Waals surface area contributed by atoms with Gasteiger partial charge in [-0.15, -0.1) is 11.3 Å². The van der Waals surface area contributed by atoms with E-state index in [0.717, 1.165) is 31.6 Å². The van der Waals surface area contributed by atoms with Gasteiger partial charge in [0.2, 0.25) is 0 Å². The van der Waals surface area contributed by atoms with Crippen LogP contribution in [0.25, 0.3) is 10.9 Å². The van der Waals surface area contributed by atoms with Crippen molar-refractivity contribution in [2.75, 3.05) is 16.3 Å². The second kappa shape index (κ2) is 7.44. The van der Waals surface area contributed by atoms with Crippen molar-refractivity contribution in [1.82, 2.24) is 4.98 Å². The average molecular weight is 412 g/mol. The van der Waals surface area contributed by atoms with Crippen LogP contribution in [0.3, 0.4) is 0 Å². The predicted octanol–water partition coefficient (Wildman–Crippen LogP) is 6.03. The molecule has 150 valence electrons. The molecule has 0 saturated carbocycles. The number of fused-ring (bicyclic) bond motifs is 5. The van der Waals surface area contributed by atoms with Gasteiger partial charge in [0.1, 0.15) is 0 Å². The molecule has 4 heterocycles. The van der Waals surface area contributed by atoms with Crippen molar-refractivity contribution in [2.45, 2.75) is 38.4 Å². The van der Waals surface area contributed by atoms with Gasteiger partial charge in [0.15, 0.2) is 0 Å². The van der Waals surface area contributed by atoms with Crippen molar-refractivity contribution in [3.63, 3.8) is 0 Å². The predicted molar refractivity (Wildman–Crippen MR) is 126 cm³/mol. The SMILES string of the molecule is c1csc(CN2Cc3cc4ccccc4nc3CC3CCCN3c3ccccc32)c1. The van der Waals surface area contributed by atoms with Crippen LogP contribution in [0.15, 0.2) is 72.1 Å². The van der Waals surface area contributed by atoms with Gasteiger partial charge in [-0.05, 0) is 54.1 Å². The first kappa shape index (κ1) is 18.0. The zero-order valence-corrected chi connectivity index (χ0v) is 17.8. The van der Waals surface area contributed by atoms with E-state index in [1.165, 1.54) is 45.7 Å². The molecule has 4 heteroatoms. The van der Waals surface area contributed by atoms with Crippen LogP contribution in [-0.4, -0.2) is 17.6 Å². The van der Waals surface area contributed by atoms with E-state index in [4.69, 9.17) is 4.98 Å². The Hall–Kier alpha value is -2.85. The third-order valence-electron chi connectivity index (χ3n) is 6.52. The fraction of sp³-hybridized carbons (Fsp3) is 0.269. The minimum atomic E-state index is 0.528. The molecule has 30 heavy (non-hydrogen) atoms. The van der Waals surface area contributed by atoms with Crippen LogP contribution in [0.5, 0.6) is 0 Å². The molecule has 6 rings (SSSR count). The molecule has 2 aliphatic heterocycles. The molecule has 3 nitrogen and oxygen atoms in total. The molecule has 2 aromatic heterocycles. The van der Waals surface area contributed by atoms with Crippen molar-refractivity contribution >= 4 is 33.6 Å². The molecular formula is C26H25N3S. The van der Waals surface area contributed by atoms with Crippen molar-refractivity contribution in [3.05, 3.63) is 88.2 Å². The molecule has 0 bridgehead atoms. The second-order valence-electron chi connectivity index (χ2n) is 8.40. The quantitative estimate of drug-likeness (QED) is 0.402. The summed E-state index contributed by atoms with van der Waals surface area (Å²) in [6, 6.07) is 24.8. The van der Waals surface area contributed by atoms with Gasteiger partial charge >= 0.3 is 0 Å². The maximum atomic E-state index is 5.16. The Kier molecular flexibility index (Phi) is 4.45. The summed E-state index contributed by atoms with van der Waals surface area (Å²) in [5.74, 6) is 0. The highest BCUT2D eigenvalue weighted by Crippen LogP contribution is 2.39. The summed E-state index contributed by atoms with van der Waals surface area (Å²) in [4.78, 5) is 11.8. The Bertz CT molecular complexity index is 1180. The number of nitrogens with zero attached hydrogens (tertiary/aromatic N) is 3. The normalized spacial score (nSPS) is 18.3. The van der Waals surface area contributed by atoms with E-state index in [2.05, 4.69) is 81.9 Å². The monoisotopic (exact) mass is 411 g/mol. The molecule has 1 atom stereocenters. The number of thiophene rings is 1. The number of anilines is 2. The maximum absolute atomic E-state index is 5.16. The van der Waals surface area contributed by atoms with Gasteiger partial charge in [0, 0.05) is 41.5 Å². The van der Waals surface area contributed by atoms with E-state index in [9.17, 15) is 0 Å². The summed E-state index contributed by atoms with van der Waals surface area (Å²) in [5.41, 5.74) is 6.48. The van der Waals surface area contributed by atoms with Crippen LogP contribution in [0.2, 0.25) is 0 Å². The molecule has 0 radical (unpaired) electrons. The van der Waals surface area contributed by atoms with Crippen molar-refractivity contribution in [2.24, 2.45) is 0 Å². The van der Waals surface area contributed by atoms with Gasteiger partial charge in [-0.3, -0.25) is 4.98 Å². The van der Waals surface area contributed by atoms with Gasteiger partial charge < -0.3 is 9.80 Å². The summed E-state index contributed by atoms with van der Waals surface area (Å²) < 4.78 is 0. The number of para-hydroxylation sites is 3. The lowest BCUT2D eigenvalue weighted by Crippen LogP contribution is -2.32. The van der Waals surface area contributed by atoms with Gasteiger partial charge in [-0.25, -0.2) is 0 Å². The maximum Gasteiger partial charge on any atom is 0.0705 e. The Balaban J connectivity index is 1.53. The third-order valence-corrected chi connectivity index (χ3v) is 7.38. The van der Waals surface area contributed by atoms with Gasteiger partial charge in [0.25, 0.3) is 0 Å². The number of pyridine rings is 1. The zero-order valence-electron chi connectivity index (χ0n) is 17.0. The summed E-state index contributed by atoms with van der Waals surface area (Å²) in [5, 5.41) is 3.42. The highest BCUT2D eigenvalue weighted by molar-refractivity contribution is 7.09. The van der Waals surface area contributed by atoms with Crippen molar-refractivity contribution in [1.29, 1.82) is 0 Å². The molecule has 0 aliphatic carbocycles. The first-order valence-corrected chi connectivity index (χ1v) is 11.7. The Morgan fingerprint density at radius 2 is 1.83 bits per heavy atom. The Morgan fingerprint density at radius 3 is 2.73 bits per heavy atom. The fourth-order valence-electron chi connectivity index (χ4n) is 5.10. The van der Waals surface area contributed by atoms with Crippen LogP contribution < -0.4 is 9.80 Å². The largest absolute Gasteiger partial charge is 0.366 e. The van der Waals surface area contributed by atoms with E-state index in [1.807, 2.05) is 11.3 Å². The molecule has 0 N–H and O–H groups in total. The second-order valence-corrected chi connectivity index (χ2v) is 9.44. The smallest absolute Gasteiger partial charge is 0.0705 e. The van der Waals surface area contributed by atoms with Gasteiger partial charge in [0.05, 0.1) is 23.4 Å². The van der Waals surface area contributed by atoms with E-state index in [0.29, 0.717) is 6.04 Å². The molecule has 1 saturated heterocycles. The molecule has 1 unspecified atom stereocenters. The molecule has 0 spiro atoms. The molecular weight excluding hydrogens is 386 g/mol. The first-order valence-electron chi connectivity index (χ1n) is 10.9. The third kappa shape index (κ3) is 3.16. The van der Waals surface area contributed by atoms with Crippen LogP contribution in [0.1, 0.15) is 29.0 Å². The lowest BCUT2D eigenvalue weighted by Gasteiger charge is -2.31. The topological polar surface area (TPSA) is 19.4 Å². The molecule has 2 aromatic carbocycles. The number of benzene rings is 2. The average Bonchev–Trinajstić information content (AvgIpc) is 3.45. The van der Waals surface area contributed by atoms with Crippen LogP contribution in [-0.2, 0) is 19.5 Å². The molecule has 4 aromatic rings.